The van der Waals surface area contributed by atoms with Gasteiger partial charge >= 0.3 is 0 Å². The molecule has 0 amide bonds. The van der Waals surface area contributed by atoms with Crippen LogP contribution in [0.15, 0.2) is 18.2 Å². The number of carbonyl (C=O) groups is 1. The van der Waals surface area contributed by atoms with E-state index in [4.69, 9.17) is 27.9 Å². The number of ether oxygens (including phenoxy) is 1. The molecule has 0 aliphatic heterocycles. The summed E-state index contributed by atoms with van der Waals surface area (Å²) in [6, 6.07) is 5.06. The second-order valence-corrected chi connectivity index (χ2v) is 4.20. The third-order valence-electron chi connectivity index (χ3n) is 2.26. The first-order valence-electron chi connectivity index (χ1n) is 5.11. The van der Waals surface area contributed by atoms with E-state index in [1.54, 1.807) is 18.2 Å². The lowest BCUT2D eigenvalue weighted by Crippen LogP contribution is -1.99. The third kappa shape index (κ3) is 3.69. The van der Waals surface area contributed by atoms with Crippen LogP contribution in [0.1, 0.15) is 29.6 Å². The van der Waals surface area contributed by atoms with Crippen LogP contribution in [0.2, 0.25) is 5.02 Å². The maximum absolute atomic E-state index is 11.8. The van der Waals surface area contributed by atoms with Crippen molar-refractivity contribution >= 4 is 29.0 Å². The number of halogens is 2. The average Bonchev–Trinajstić information content (AvgIpc) is 2.30. The highest BCUT2D eigenvalue weighted by Crippen LogP contribution is 2.25. The number of Topliss-reactive ketones (excluding diaryl/α,β-unsaturated/α-hetero) is 1. The minimum Gasteiger partial charge on any atom is -0.495 e. The van der Waals surface area contributed by atoms with Crippen LogP contribution in [0.3, 0.4) is 0 Å². The normalized spacial score (nSPS) is 10.2. The van der Waals surface area contributed by atoms with E-state index in [1.807, 2.05) is 0 Å². The van der Waals surface area contributed by atoms with Gasteiger partial charge in [0.05, 0.1) is 12.1 Å². The van der Waals surface area contributed by atoms with Crippen molar-refractivity contribution in [1.29, 1.82) is 0 Å². The minimum absolute atomic E-state index is 0.0973. The van der Waals surface area contributed by atoms with Crippen LogP contribution in [0.25, 0.3) is 0 Å². The zero-order valence-electron chi connectivity index (χ0n) is 9.13. The molecule has 1 aromatic rings. The summed E-state index contributed by atoms with van der Waals surface area (Å²) < 4.78 is 5.06. The Balaban J connectivity index is 2.68. The van der Waals surface area contributed by atoms with Crippen LogP contribution in [-0.4, -0.2) is 18.8 Å². The zero-order valence-corrected chi connectivity index (χ0v) is 10.6. The molecule has 0 radical (unpaired) electrons. The molecule has 88 valence electrons. The molecule has 0 N–H and O–H groups in total. The summed E-state index contributed by atoms with van der Waals surface area (Å²) in [4.78, 5) is 11.8. The quantitative estimate of drug-likeness (QED) is 0.440. The smallest absolute Gasteiger partial charge is 0.163 e. The van der Waals surface area contributed by atoms with Gasteiger partial charge in [0.2, 0.25) is 0 Å². The minimum atomic E-state index is 0.0973. The van der Waals surface area contributed by atoms with Crippen molar-refractivity contribution in [2.45, 2.75) is 19.3 Å². The standard InChI is InChI=1S/C12H14Cl2O2/c1-16-12-8-9(5-6-10(12)14)11(15)4-2-3-7-13/h5-6,8H,2-4,7H2,1H3. The van der Waals surface area contributed by atoms with E-state index in [1.165, 1.54) is 7.11 Å². The number of methoxy groups -OCH3 is 1. The summed E-state index contributed by atoms with van der Waals surface area (Å²) in [5.74, 6) is 1.22. The Hall–Kier alpha value is -0.730. The molecule has 0 unspecified atom stereocenters. The molecule has 0 saturated heterocycles. The fourth-order valence-electron chi connectivity index (χ4n) is 1.36. The van der Waals surface area contributed by atoms with E-state index in [9.17, 15) is 4.79 Å². The van der Waals surface area contributed by atoms with E-state index in [2.05, 4.69) is 0 Å². The molecule has 0 bridgehead atoms. The van der Waals surface area contributed by atoms with Crippen molar-refractivity contribution in [3.63, 3.8) is 0 Å². The van der Waals surface area contributed by atoms with Crippen LogP contribution >= 0.6 is 23.2 Å². The summed E-state index contributed by atoms with van der Waals surface area (Å²) in [6.07, 6.45) is 2.18. The van der Waals surface area contributed by atoms with Gasteiger partial charge in [0.25, 0.3) is 0 Å². The number of hydrogen-bond acceptors (Lipinski definition) is 2. The Morgan fingerprint density at radius 3 is 2.75 bits per heavy atom. The molecular formula is C12H14Cl2O2. The van der Waals surface area contributed by atoms with Crippen molar-refractivity contribution in [2.75, 3.05) is 13.0 Å². The second kappa shape index (κ2) is 6.77. The van der Waals surface area contributed by atoms with Gasteiger partial charge in [-0.1, -0.05) is 11.6 Å². The van der Waals surface area contributed by atoms with E-state index >= 15 is 0 Å². The number of unbranched alkanes of at least 4 members (excludes halogenated alkanes) is 1. The lowest BCUT2D eigenvalue weighted by molar-refractivity contribution is 0.0979. The summed E-state index contributed by atoms with van der Waals surface area (Å²) in [7, 11) is 1.53. The molecule has 2 nitrogen and oxygen atoms in total. The van der Waals surface area contributed by atoms with Gasteiger partial charge in [-0.3, -0.25) is 4.79 Å². The van der Waals surface area contributed by atoms with Gasteiger partial charge in [-0.05, 0) is 31.0 Å². The van der Waals surface area contributed by atoms with E-state index < -0.39 is 0 Å². The number of hydrogen-bond donors (Lipinski definition) is 0. The highest BCUT2D eigenvalue weighted by Gasteiger charge is 2.08. The van der Waals surface area contributed by atoms with Gasteiger partial charge in [0, 0.05) is 17.9 Å². The summed E-state index contributed by atoms with van der Waals surface area (Å²) >= 11 is 11.4. The molecule has 0 spiro atoms. The Labute approximate surface area is 106 Å². The number of rotatable bonds is 6. The van der Waals surface area contributed by atoms with E-state index in [0.29, 0.717) is 28.6 Å². The summed E-state index contributed by atoms with van der Waals surface area (Å²) in [5, 5.41) is 0.514. The van der Waals surface area contributed by atoms with E-state index in [-0.39, 0.29) is 5.78 Å². The first-order valence-corrected chi connectivity index (χ1v) is 6.03. The summed E-state index contributed by atoms with van der Waals surface area (Å²) in [5.41, 5.74) is 0.635. The van der Waals surface area contributed by atoms with Gasteiger partial charge in [0.1, 0.15) is 5.75 Å². The number of benzene rings is 1. The molecular weight excluding hydrogens is 247 g/mol. The largest absolute Gasteiger partial charge is 0.495 e. The van der Waals surface area contributed by atoms with Gasteiger partial charge < -0.3 is 4.74 Å². The molecule has 1 aromatic carbocycles. The Morgan fingerprint density at radius 1 is 1.38 bits per heavy atom. The van der Waals surface area contributed by atoms with Gasteiger partial charge in [-0.2, -0.15) is 0 Å². The van der Waals surface area contributed by atoms with Crippen LogP contribution in [-0.2, 0) is 0 Å². The van der Waals surface area contributed by atoms with Gasteiger partial charge in [-0.25, -0.2) is 0 Å². The van der Waals surface area contributed by atoms with Crippen molar-refractivity contribution < 1.29 is 9.53 Å². The fraction of sp³-hybridized carbons (Fsp3) is 0.417. The SMILES string of the molecule is COc1cc(C(=O)CCCCCl)ccc1Cl. The van der Waals surface area contributed by atoms with Crippen molar-refractivity contribution in [1.82, 2.24) is 0 Å². The highest BCUT2D eigenvalue weighted by molar-refractivity contribution is 6.32. The number of ketones is 1. The van der Waals surface area contributed by atoms with Gasteiger partial charge in [-0.15, -0.1) is 11.6 Å². The average molecular weight is 261 g/mol. The predicted octanol–water partition coefficient (Wildman–Crippen LogP) is 3.94. The molecule has 0 fully saturated rings. The first-order chi connectivity index (χ1) is 7.69. The Kier molecular flexibility index (Phi) is 5.64. The molecule has 16 heavy (non-hydrogen) atoms. The van der Waals surface area contributed by atoms with Crippen LogP contribution < -0.4 is 4.74 Å². The lowest BCUT2D eigenvalue weighted by atomic mass is 10.1. The third-order valence-corrected chi connectivity index (χ3v) is 2.84. The molecule has 1 rings (SSSR count). The molecule has 0 atom stereocenters. The van der Waals surface area contributed by atoms with E-state index in [0.717, 1.165) is 12.8 Å². The van der Waals surface area contributed by atoms with Crippen LogP contribution in [0.4, 0.5) is 0 Å². The van der Waals surface area contributed by atoms with Crippen LogP contribution in [0, 0.1) is 0 Å². The summed E-state index contributed by atoms with van der Waals surface area (Å²) in [6.45, 7) is 0. The molecule has 0 saturated carbocycles. The van der Waals surface area contributed by atoms with Gasteiger partial charge in [0.15, 0.2) is 5.78 Å². The first kappa shape index (κ1) is 13.3. The fourth-order valence-corrected chi connectivity index (χ4v) is 1.74. The Bertz CT molecular complexity index is 364. The highest BCUT2D eigenvalue weighted by atomic mass is 35.5. The molecule has 0 aliphatic carbocycles. The monoisotopic (exact) mass is 260 g/mol. The lowest BCUT2D eigenvalue weighted by Gasteiger charge is -2.05. The number of carbonyl (C=O) groups excluding carboxylic acids is 1. The Morgan fingerprint density at radius 2 is 2.12 bits per heavy atom. The maximum atomic E-state index is 11.8. The zero-order chi connectivity index (χ0) is 12.0. The predicted molar refractivity (Wildman–Crippen MR) is 66.9 cm³/mol. The van der Waals surface area contributed by atoms with Crippen molar-refractivity contribution in [3.8, 4) is 5.75 Å². The molecule has 0 aliphatic rings. The molecule has 4 heteroatoms. The number of alkyl halides is 1. The molecule has 0 aromatic heterocycles. The molecule has 0 heterocycles. The topological polar surface area (TPSA) is 26.3 Å². The maximum Gasteiger partial charge on any atom is 0.163 e. The van der Waals surface area contributed by atoms with Crippen molar-refractivity contribution in [2.24, 2.45) is 0 Å². The van der Waals surface area contributed by atoms with Crippen LogP contribution in [0.5, 0.6) is 5.75 Å². The second-order valence-electron chi connectivity index (χ2n) is 3.42. The van der Waals surface area contributed by atoms with Crippen molar-refractivity contribution in [3.05, 3.63) is 28.8 Å².